The number of benzene rings is 1. The second-order valence-corrected chi connectivity index (χ2v) is 5.64. The molecule has 1 aliphatic heterocycles. The molecule has 1 fully saturated rings. The van der Waals surface area contributed by atoms with Gasteiger partial charge < -0.3 is 19.7 Å². The van der Waals surface area contributed by atoms with E-state index in [0.717, 1.165) is 4.90 Å². The normalized spacial score (nSPS) is 32.4. The summed E-state index contributed by atoms with van der Waals surface area (Å²) in [6.45, 7) is 2.12. The number of hydrogen-bond donors (Lipinski definition) is 2. The van der Waals surface area contributed by atoms with Gasteiger partial charge in [-0.15, -0.1) is 11.8 Å². The topological polar surface area (TPSA) is 58.9 Å². The van der Waals surface area contributed by atoms with Crippen molar-refractivity contribution in [2.45, 2.75) is 35.6 Å². The van der Waals surface area contributed by atoms with Crippen molar-refractivity contribution in [2.75, 3.05) is 13.7 Å². The smallest absolute Gasteiger partial charge is 0.172 e. The fourth-order valence-corrected chi connectivity index (χ4v) is 3.10. The molecule has 0 aliphatic carbocycles. The maximum atomic E-state index is 10.0. The van der Waals surface area contributed by atoms with E-state index in [4.69, 9.17) is 9.47 Å². The second kappa shape index (κ2) is 6.04. The molecular weight excluding hydrogens is 252 g/mol. The number of rotatable bonds is 3. The highest BCUT2D eigenvalue weighted by molar-refractivity contribution is 8.00. The molecule has 1 aromatic rings. The minimum absolute atomic E-state index is 0.102. The Bertz CT molecular complexity index is 379. The predicted octanol–water partition coefficient (Wildman–Crippen LogP) is 1.18. The summed E-state index contributed by atoms with van der Waals surface area (Å²) in [5.41, 5.74) is 1.18. The van der Waals surface area contributed by atoms with Gasteiger partial charge in [0.2, 0.25) is 0 Å². The summed E-state index contributed by atoms with van der Waals surface area (Å²) in [5, 5.41) is 19.3. The van der Waals surface area contributed by atoms with E-state index in [0.29, 0.717) is 0 Å². The summed E-state index contributed by atoms with van der Waals surface area (Å²) in [6, 6.07) is 7.99. The van der Waals surface area contributed by atoms with Crippen LogP contribution in [0.5, 0.6) is 0 Å². The number of aliphatic hydroxyl groups excluding tert-OH is 2. The van der Waals surface area contributed by atoms with Gasteiger partial charge in [0.15, 0.2) is 6.29 Å². The van der Waals surface area contributed by atoms with Crippen LogP contribution < -0.4 is 0 Å². The third-order valence-electron chi connectivity index (χ3n) is 2.96. The van der Waals surface area contributed by atoms with Crippen LogP contribution >= 0.6 is 11.8 Å². The summed E-state index contributed by atoms with van der Waals surface area (Å²) < 4.78 is 10.6. The van der Waals surface area contributed by atoms with Gasteiger partial charge in [-0.1, -0.05) is 17.7 Å². The highest BCUT2D eigenvalue weighted by atomic mass is 32.2. The molecule has 0 unspecified atom stereocenters. The lowest BCUT2D eigenvalue weighted by Gasteiger charge is -2.36. The van der Waals surface area contributed by atoms with Crippen LogP contribution in [-0.4, -0.2) is 47.7 Å². The van der Waals surface area contributed by atoms with E-state index < -0.39 is 18.5 Å². The molecule has 1 heterocycles. The molecule has 1 saturated heterocycles. The third kappa shape index (κ3) is 3.05. The highest BCUT2D eigenvalue weighted by Crippen LogP contribution is 2.33. The molecule has 4 nitrogen and oxygen atoms in total. The van der Waals surface area contributed by atoms with Crippen LogP contribution in [0.15, 0.2) is 29.2 Å². The first-order chi connectivity index (χ1) is 8.61. The molecule has 2 rings (SSSR count). The summed E-state index contributed by atoms with van der Waals surface area (Å²) in [4.78, 5) is 1.02. The minimum Gasteiger partial charge on any atom is -0.389 e. The second-order valence-electron chi connectivity index (χ2n) is 4.39. The number of aliphatic hydroxyl groups is 2. The largest absolute Gasteiger partial charge is 0.389 e. The fourth-order valence-electron chi connectivity index (χ4n) is 1.87. The lowest BCUT2D eigenvalue weighted by molar-refractivity contribution is -0.201. The van der Waals surface area contributed by atoms with Gasteiger partial charge in [-0.05, 0) is 19.1 Å². The standard InChI is InChI=1S/C13H18O4S/c1-8-3-5-9(6-4-8)18-12-11(15)10(14)7-17-13(12)16-2/h3-6,10-15H,7H2,1-2H3/t10-,11-,12-,13-/m1/s1. The minimum atomic E-state index is -0.862. The first-order valence-electron chi connectivity index (χ1n) is 5.85. The van der Waals surface area contributed by atoms with Crippen LogP contribution in [0.4, 0.5) is 0 Å². The van der Waals surface area contributed by atoms with Gasteiger partial charge >= 0.3 is 0 Å². The molecule has 1 aliphatic rings. The monoisotopic (exact) mass is 270 g/mol. The van der Waals surface area contributed by atoms with Crippen molar-refractivity contribution in [1.29, 1.82) is 0 Å². The van der Waals surface area contributed by atoms with Crippen molar-refractivity contribution in [1.82, 2.24) is 0 Å². The van der Waals surface area contributed by atoms with Gasteiger partial charge in [-0.2, -0.15) is 0 Å². The maximum Gasteiger partial charge on any atom is 0.172 e. The van der Waals surface area contributed by atoms with Crippen LogP contribution in [-0.2, 0) is 9.47 Å². The molecule has 0 amide bonds. The zero-order valence-electron chi connectivity index (χ0n) is 10.4. The Kier molecular flexibility index (Phi) is 4.64. The molecule has 18 heavy (non-hydrogen) atoms. The van der Waals surface area contributed by atoms with Gasteiger partial charge in [-0.25, -0.2) is 0 Å². The molecule has 1 aromatic carbocycles. The van der Waals surface area contributed by atoms with Gasteiger partial charge in [-0.3, -0.25) is 0 Å². The first-order valence-corrected chi connectivity index (χ1v) is 6.73. The maximum absolute atomic E-state index is 10.0. The van der Waals surface area contributed by atoms with Crippen molar-refractivity contribution in [2.24, 2.45) is 0 Å². The molecule has 0 bridgehead atoms. The van der Waals surface area contributed by atoms with E-state index in [-0.39, 0.29) is 11.9 Å². The van der Waals surface area contributed by atoms with Crippen LogP contribution in [0.2, 0.25) is 0 Å². The molecule has 0 radical (unpaired) electrons. The van der Waals surface area contributed by atoms with Crippen molar-refractivity contribution in [3.63, 3.8) is 0 Å². The summed E-state index contributed by atoms with van der Waals surface area (Å²) in [7, 11) is 1.54. The number of thioether (sulfide) groups is 1. The van der Waals surface area contributed by atoms with Crippen molar-refractivity contribution in [3.05, 3.63) is 29.8 Å². The number of hydrogen-bond acceptors (Lipinski definition) is 5. The summed E-state index contributed by atoms with van der Waals surface area (Å²) in [6.07, 6.45) is -2.22. The summed E-state index contributed by atoms with van der Waals surface area (Å²) in [5.74, 6) is 0. The van der Waals surface area contributed by atoms with Crippen LogP contribution in [0.3, 0.4) is 0 Å². The van der Waals surface area contributed by atoms with E-state index in [2.05, 4.69) is 0 Å². The van der Waals surface area contributed by atoms with E-state index in [9.17, 15) is 10.2 Å². The molecule has 100 valence electrons. The first kappa shape index (κ1) is 13.8. The average molecular weight is 270 g/mol. The van der Waals surface area contributed by atoms with Crippen LogP contribution in [0, 0.1) is 6.92 Å². The lowest BCUT2D eigenvalue weighted by Crippen LogP contribution is -2.51. The molecule has 0 saturated carbocycles. The third-order valence-corrected chi connectivity index (χ3v) is 4.27. The van der Waals surface area contributed by atoms with E-state index >= 15 is 0 Å². The zero-order valence-corrected chi connectivity index (χ0v) is 11.3. The van der Waals surface area contributed by atoms with Crippen LogP contribution in [0.25, 0.3) is 0 Å². The predicted molar refractivity (Wildman–Crippen MR) is 69.6 cm³/mol. The molecular formula is C13H18O4S. The highest BCUT2D eigenvalue weighted by Gasteiger charge is 2.39. The van der Waals surface area contributed by atoms with E-state index in [1.807, 2.05) is 31.2 Å². The molecule has 2 N–H and O–H groups in total. The van der Waals surface area contributed by atoms with E-state index in [1.165, 1.54) is 24.4 Å². The van der Waals surface area contributed by atoms with E-state index in [1.54, 1.807) is 0 Å². The Labute approximate surface area is 111 Å². The Balaban J connectivity index is 2.10. The Morgan fingerprint density at radius 1 is 1.28 bits per heavy atom. The number of methoxy groups -OCH3 is 1. The quantitative estimate of drug-likeness (QED) is 0.864. The van der Waals surface area contributed by atoms with Crippen LogP contribution in [0.1, 0.15) is 5.56 Å². The Morgan fingerprint density at radius 2 is 1.94 bits per heavy atom. The number of aryl methyl sites for hydroxylation is 1. The Hall–Kier alpha value is -0.590. The molecule has 5 heteroatoms. The zero-order chi connectivity index (χ0) is 13.1. The van der Waals surface area contributed by atoms with Gasteiger partial charge in [0.25, 0.3) is 0 Å². The van der Waals surface area contributed by atoms with Crippen molar-refractivity contribution < 1.29 is 19.7 Å². The van der Waals surface area contributed by atoms with Crippen molar-refractivity contribution in [3.8, 4) is 0 Å². The molecule has 0 spiro atoms. The fraction of sp³-hybridized carbons (Fsp3) is 0.538. The lowest BCUT2D eigenvalue weighted by atomic mass is 10.1. The Morgan fingerprint density at radius 3 is 2.56 bits per heavy atom. The molecule has 4 atom stereocenters. The summed E-state index contributed by atoms with van der Waals surface area (Å²) >= 11 is 1.46. The molecule has 0 aromatic heterocycles. The SMILES string of the molecule is CO[C@@H]1OC[C@@H](O)[C@@H](O)[C@H]1Sc1ccc(C)cc1. The number of ether oxygens (including phenoxy) is 2. The van der Waals surface area contributed by atoms with Gasteiger partial charge in [0.05, 0.1) is 18.0 Å². The average Bonchev–Trinajstić information content (AvgIpc) is 2.38. The van der Waals surface area contributed by atoms with Gasteiger partial charge in [0, 0.05) is 12.0 Å². The van der Waals surface area contributed by atoms with Crippen molar-refractivity contribution >= 4 is 11.8 Å². The van der Waals surface area contributed by atoms with Gasteiger partial charge in [0.1, 0.15) is 6.10 Å².